The highest BCUT2D eigenvalue weighted by atomic mass is 32.2. The Labute approximate surface area is 111 Å². The number of hydrogen-bond acceptors (Lipinski definition) is 2. The van der Waals surface area contributed by atoms with Gasteiger partial charge in [-0.05, 0) is 35.7 Å². The average molecular weight is 258 g/mol. The molecule has 0 aliphatic rings. The maximum Gasteiger partial charge on any atom is 0.313 e. The van der Waals surface area contributed by atoms with Gasteiger partial charge in [0.1, 0.15) is 0 Å². The van der Waals surface area contributed by atoms with Crippen LogP contribution in [-0.2, 0) is 4.79 Å². The summed E-state index contributed by atoms with van der Waals surface area (Å²) < 4.78 is 0. The highest BCUT2D eigenvalue weighted by molar-refractivity contribution is 8.00. The van der Waals surface area contributed by atoms with Crippen molar-refractivity contribution < 1.29 is 9.90 Å². The third-order valence-electron chi connectivity index (χ3n) is 2.67. The lowest BCUT2D eigenvalue weighted by atomic mass is 10.0. The van der Waals surface area contributed by atoms with Gasteiger partial charge in [-0.25, -0.2) is 0 Å². The van der Waals surface area contributed by atoms with Crippen molar-refractivity contribution in [3.8, 4) is 11.1 Å². The van der Waals surface area contributed by atoms with Crippen molar-refractivity contribution >= 4 is 17.7 Å². The van der Waals surface area contributed by atoms with Crippen LogP contribution in [0.25, 0.3) is 11.1 Å². The number of aliphatic carboxylic acids is 1. The Morgan fingerprint density at radius 1 is 1.11 bits per heavy atom. The standard InChI is InChI=1S/C15H14O2S/c1-11-4-2-3-5-14(11)12-6-8-13(9-7-12)18-10-15(16)17/h2-9H,10H2,1H3,(H,16,17). The Bertz CT molecular complexity index is 547. The molecular weight excluding hydrogens is 244 g/mol. The summed E-state index contributed by atoms with van der Waals surface area (Å²) in [5, 5.41) is 8.62. The number of benzene rings is 2. The van der Waals surface area contributed by atoms with Gasteiger partial charge in [0.2, 0.25) is 0 Å². The number of carboxylic acids is 1. The second-order valence-corrected chi connectivity index (χ2v) is 5.07. The van der Waals surface area contributed by atoms with Crippen LogP contribution in [0.15, 0.2) is 53.4 Å². The average Bonchev–Trinajstić information content (AvgIpc) is 2.38. The molecule has 2 aromatic rings. The molecule has 0 aromatic heterocycles. The molecule has 1 N–H and O–H groups in total. The topological polar surface area (TPSA) is 37.3 Å². The van der Waals surface area contributed by atoms with Gasteiger partial charge < -0.3 is 5.11 Å². The summed E-state index contributed by atoms with van der Waals surface area (Å²) >= 11 is 1.34. The molecule has 2 aromatic carbocycles. The third-order valence-corrected chi connectivity index (χ3v) is 3.67. The van der Waals surface area contributed by atoms with Crippen molar-refractivity contribution in [2.24, 2.45) is 0 Å². The number of rotatable bonds is 4. The van der Waals surface area contributed by atoms with Gasteiger partial charge >= 0.3 is 5.97 Å². The van der Waals surface area contributed by atoms with E-state index in [0.29, 0.717) is 0 Å². The van der Waals surface area contributed by atoms with Crippen LogP contribution in [0.5, 0.6) is 0 Å². The van der Waals surface area contributed by atoms with Crippen LogP contribution in [0.3, 0.4) is 0 Å². The largest absolute Gasteiger partial charge is 0.481 e. The zero-order chi connectivity index (χ0) is 13.0. The first-order valence-corrected chi connectivity index (χ1v) is 6.66. The molecule has 0 bridgehead atoms. The van der Waals surface area contributed by atoms with E-state index in [2.05, 4.69) is 19.1 Å². The molecular formula is C15H14O2S. The molecule has 2 rings (SSSR count). The Morgan fingerprint density at radius 3 is 2.39 bits per heavy atom. The van der Waals surface area contributed by atoms with Crippen molar-refractivity contribution in [3.05, 3.63) is 54.1 Å². The second kappa shape index (κ2) is 5.74. The molecule has 0 aliphatic heterocycles. The highest BCUT2D eigenvalue weighted by Crippen LogP contribution is 2.26. The van der Waals surface area contributed by atoms with Gasteiger partial charge in [0, 0.05) is 4.90 Å². The molecule has 3 heteroatoms. The van der Waals surface area contributed by atoms with E-state index in [9.17, 15) is 4.79 Å². The molecule has 0 heterocycles. The van der Waals surface area contributed by atoms with Crippen molar-refractivity contribution in [3.63, 3.8) is 0 Å². The fourth-order valence-electron chi connectivity index (χ4n) is 1.77. The minimum atomic E-state index is -0.789. The first kappa shape index (κ1) is 12.7. The van der Waals surface area contributed by atoms with Crippen LogP contribution < -0.4 is 0 Å². The fraction of sp³-hybridized carbons (Fsp3) is 0.133. The van der Waals surface area contributed by atoms with E-state index in [1.165, 1.54) is 22.9 Å². The number of carboxylic acid groups (broad SMARTS) is 1. The SMILES string of the molecule is Cc1ccccc1-c1ccc(SCC(=O)O)cc1. The van der Waals surface area contributed by atoms with Crippen LogP contribution in [0.1, 0.15) is 5.56 Å². The van der Waals surface area contributed by atoms with Crippen LogP contribution in [0.2, 0.25) is 0 Å². The summed E-state index contributed by atoms with van der Waals surface area (Å²) in [6, 6.07) is 16.2. The molecule has 2 nitrogen and oxygen atoms in total. The number of thioether (sulfide) groups is 1. The first-order chi connectivity index (χ1) is 8.66. The minimum Gasteiger partial charge on any atom is -0.481 e. The van der Waals surface area contributed by atoms with Gasteiger partial charge in [-0.1, -0.05) is 36.4 Å². The van der Waals surface area contributed by atoms with Crippen molar-refractivity contribution in [1.82, 2.24) is 0 Å². The Balaban J connectivity index is 2.17. The summed E-state index contributed by atoms with van der Waals surface area (Å²) in [5.41, 5.74) is 3.61. The third kappa shape index (κ3) is 3.14. The summed E-state index contributed by atoms with van der Waals surface area (Å²) in [5.74, 6) is -0.688. The van der Waals surface area contributed by atoms with Gasteiger partial charge in [0.15, 0.2) is 0 Å². The van der Waals surface area contributed by atoms with Crippen molar-refractivity contribution in [1.29, 1.82) is 0 Å². The maximum absolute atomic E-state index is 10.5. The van der Waals surface area contributed by atoms with E-state index in [4.69, 9.17) is 5.11 Å². The van der Waals surface area contributed by atoms with Crippen molar-refractivity contribution in [2.45, 2.75) is 11.8 Å². The Hall–Kier alpha value is -1.74. The van der Waals surface area contributed by atoms with E-state index in [1.807, 2.05) is 36.4 Å². The van der Waals surface area contributed by atoms with Gasteiger partial charge in [0.25, 0.3) is 0 Å². The monoisotopic (exact) mass is 258 g/mol. The molecule has 92 valence electrons. The molecule has 0 saturated carbocycles. The quantitative estimate of drug-likeness (QED) is 0.847. The summed E-state index contributed by atoms with van der Waals surface area (Å²) in [4.78, 5) is 11.5. The highest BCUT2D eigenvalue weighted by Gasteiger charge is 2.02. The van der Waals surface area contributed by atoms with Crippen LogP contribution >= 0.6 is 11.8 Å². The lowest BCUT2D eigenvalue weighted by Crippen LogP contribution is -1.97. The molecule has 0 saturated heterocycles. The van der Waals surface area contributed by atoms with Crippen LogP contribution in [0, 0.1) is 6.92 Å². The van der Waals surface area contributed by atoms with Crippen LogP contribution in [0.4, 0.5) is 0 Å². The summed E-state index contributed by atoms with van der Waals surface area (Å²) in [6.07, 6.45) is 0. The van der Waals surface area contributed by atoms with E-state index < -0.39 is 5.97 Å². The van der Waals surface area contributed by atoms with E-state index in [-0.39, 0.29) is 5.75 Å². The zero-order valence-corrected chi connectivity index (χ0v) is 10.9. The first-order valence-electron chi connectivity index (χ1n) is 5.67. The van der Waals surface area contributed by atoms with Gasteiger partial charge in [-0.15, -0.1) is 11.8 Å². The lowest BCUT2D eigenvalue weighted by Gasteiger charge is -2.06. The predicted octanol–water partition coefficient (Wildman–Crippen LogP) is 3.84. The van der Waals surface area contributed by atoms with E-state index in [0.717, 1.165) is 10.5 Å². The smallest absolute Gasteiger partial charge is 0.313 e. The minimum absolute atomic E-state index is 0.101. The van der Waals surface area contributed by atoms with E-state index >= 15 is 0 Å². The molecule has 0 atom stereocenters. The van der Waals surface area contributed by atoms with Gasteiger partial charge in [-0.3, -0.25) is 4.79 Å². The molecule has 0 aliphatic carbocycles. The Morgan fingerprint density at radius 2 is 1.78 bits per heavy atom. The van der Waals surface area contributed by atoms with Gasteiger partial charge in [-0.2, -0.15) is 0 Å². The number of aryl methyl sites for hydroxylation is 1. The fourth-order valence-corrected chi connectivity index (χ4v) is 2.39. The Kier molecular flexibility index (Phi) is 4.05. The molecule has 18 heavy (non-hydrogen) atoms. The second-order valence-electron chi connectivity index (χ2n) is 4.02. The van der Waals surface area contributed by atoms with Gasteiger partial charge in [0.05, 0.1) is 5.75 Å². The van der Waals surface area contributed by atoms with E-state index in [1.54, 1.807) is 0 Å². The summed E-state index contributed by atoms with van der Waals surface area (Å²) in [7, 11) is 0. The summed E-state index contributed by atoms with van der Waals surface area (Å²) in [6.45, 7) is 2.09. The number of hydrogen-bond donors (Lipinski definition) is 1. The molecule has 0 fully saturated rings. The van der Waals surface area contributed by atoms with Crippen LogP contribution in [-0.4, -0.2) is 16.8 Å². The maximum atomic E-state index is 10.5. The zero-order valence-electron chi connectivity index (χ0n) is 10.1. The molecule has 0 amide bonds. The lowest BCUT2D eigenvalue weighted by molar-refractivity contribution is -0.133. The predicted molar refractivity (Wildman–Crippen MR) is 75.0 cm³/mol. The molecule has 0 spiro atoms. The van der Waals surface area contributed by atoms with Crippen molar-refractivity contribution in [2.75, 3.05) is 5.75 Å². The molecule has 0 unspecified atom stereocenters. The number of carbonyl (C=O) groups is 1. The molecule has 0 radical (unpaired) electrons. The normalized spacial score (nSPS) is 10.3.